The summed E-state index contributed by atoms with van der Waals surface area (Å²) >= 11 is 0. The summed E-state index contributed by atoms with van der Waals surface area (Å²) in [6.45, 7) is 6.06. The van der Waals surface area contributed by atoms with E-state index in [2.05, 4.69) is 16.7 Å². The van der Waals surface area contributed by atoms with Crippen LogP contribution in [0.1, 0.15) is 18.9 Å². The standard InChI is InChI=1S/C18H25N3O3/c1-2-14-3-5-15(6-4-14)21-17(23)13-16(18(21)24)20-9-7-19(8-10-20)11-12-22/h3-6,16,22H,2,7-13H2,1H3. The second-order valence-electron chi connectivity index (χ2n) is 6.41. The highest BCUT2D eigenvalue weighted by atomic mass is 16.3. The maximum absolute atomic E-state index is 12.8. The average molecular weight is 331 g/mol. The number of anilines is 1. The molecular weight excluding hydrogens is 306 g/mol. The van der Waals surface area contributed by atoms with Crippen LogP contribution < -0.4 is 4.90 Å². The Kier molecular flexibility index (Phi) is 5.28. The lowest BCUT2D eigenvalue weighted by atomic mass is 10.1. The van der Waals surface area contributed by atoms with Gasteiger partial charge in [-0.25, -0.2) is 4.90 Å². The molecule has 6 nitrogen and oxygen atoms in total. The Morgan fingerprint density at radius 2 is 1.75 bits per heavy atom. The SMILES string of the molecule is CCc1ccc(N2C(=O)CC(N3CCN(CCO)CC3)C2=O)cc1. The molecule has 0 spiro atoms. The number of aliphatic hydroxyl groups excluding tert-OH is 1. The van der Waals surface area contributed by atoms with E-state index in [1.165, 1.54) is 10.5 Å². The number of imide groups is 1. The van der Waals surface area contributed by atoms with E-state index in [1.807, 2.05) is 24.3 Å². The molecule has 3 rings (SSSR count). The molecule has 6 heteroatoms. The number of amides is 2. The number of carbonyl (C=O) groups is 2. The van der Waals surface area contributed by atoms with Crippen molar-refractivity contribution in [3.63, 3.8) is 0 Å². The first-order chi connectivity index (χ1) is 11.6. The quantitative estimate of drug-likeness (QED) is 0.796. The number of hydrogen-bond acceptors (Lipinski definition) is 5. The van der Waals surface area contributed by atoms with E-state index in [1.54, 1.807) is 0 Å². The Labute approximate surface area is 142 Å². The highest BCUT2D eigenvalue weighted by Gasteiger charge is 2.43. The zero-order valence-electron chi connectivity index (χ0n) is 14.1. The first-order valence-electron chi connectivity index (χ1n) is 8.67. The molecule has 2 aliphatic rings. The number of aryl methyl sites for hydroxylation is 1. The smallest absolute Gasteiger partial charge is 0.251 e. The normalized spacial score (nSPS) is 23.2. The maximum Gasteiger partial charge on any atom is 0.251 e. The monoisotopic (exact) mass is 331 g/mol. The van der Waals surface area contributed by atoms with Gasteiger partial charge in [0.15, 0.2) is 0 Å². The summed E-state index contributed by atoms with van der Waals surface area (Å²) in [6.07, 6.45) is 1.19. The lowest BCUT2D eigenvalue weighted by Gasteiger charge is -2.36. The number of hydrogen-bond donors (Lipinski definition) is 1. The third-order valence-corrected chi connectivity index (χ3v) is 4.99. The number of aliphatic hydroxyl groups is 1. The van der Waals surface area contributed by atoms with Crippen LogP contribution in [0.25, 0.3) is 0 Å². The molecule has 130 valence electrons. The third kappa shape index (κ3) is 3.36. The van der Waals surface area contributed by atoms with Crippen molar-refractivity contribution in [2.75, 3.05) is 44.2 Å². The molecule has 1 N–H and O–H groups in total. The minimum Gasteiger partial charge on any atom is -0.395 e. The van der Waals surface area contributed by atoms with E-state index in [4.69, 9.17) is 5.11 Å². The van der Waals surface area contributed by atoms with E-state index >= 15 is 0 Å². The van der Waals surface area contributed by atoms with E-state index in [0.717, 1.165) is 32.6 Å². The van der Waals surface area contributed by atoms with Crippen molar-refractivity contribution in [1.82, 2.24) is 9.80 Å². The van der Waals surface area contributed by atoms with Crippen LogP contribution in [0.5, 0.6) is 0 Å². The van der Waals surface area contributed by atoms with Crippen molar-refractivity contribution in [1.29, 1.82) is 0 Å². The van der Waals surface area contributed by atoms with E-state index < -0.39 is 0 Å². The fourth-order valence-electron chi connectivity index (χ4n) is 3.49. The molecule has 2 saturated heterocycles. The average Bonchev–Trinajstić information content (AvgIpc) is 2.90. The summed E-state index contributed by atoms with van der Waals surface area (Å²) < 4.78 is 0. The van der Waals surface area contributed by atoms with Gasteiger partial charge >= 0.3 is 0 Å². The number of carbonyl (C=O) groups excluding carboxylic acids is 2. The molecule has 0 bridgehead atoms. The number of benzene rings is 1. The zero-order valence-corrected chi connectivity index (χ0v) is 14.1. The highest BCUT2D eigenvalue weighted by molar-refractivity contribution is 6.22. The number of nitrogens with zero attached hydrogens (tertiary/aromatic N) is 3. The Morgan fingerprint density at radius 1 is 1.08 bits per heavy atom. The van der Waals surface area contributed by atoms with Crippen molar-refractivity contribution in [3.8, 4) is 0 Å². The van der Waals surface area contributed by atoms with Gasteiger partial charge in [-0.3, -0.25) is 19.4 Å². The lowest BCUT2D eigenvalue weighted by molar-refractivity contribution is -0.123. The van der Waals surface area contributed by atoms with Crippen molar-refractivity contribution >= 4 is 17.5 Å². The summed E-state index contributed by atoms with van der Waals surface area (Å²) in [6, 6.07) is 7.31. The molecule has 0 saturated carbocycles. The van der Waals surface area contributed by atoms with Crippen LogP contribution >= 0.6 is 0 Å². The van der Waals surface area contributed by atoms with E-state index in [9.17, 15) is 9.59 Å². The molecule has 2 aliphatic heterocycles. The Morgan fingerprint density at radius 3 is 2.33 bits per heavy atom. The second kappa shape index (κ2) is 7.42. The van der Waals surface area contributed by atoms with Crippen molar-refractivity contribution in [2.45, 2.75) is 25.8 Å². The molecule has 1 aromatic carbocycles. The number of piperazine rings is 1. The molecule has 1 atom stereocenters. The van der Waals surface area contributed by atoms with Gasteiger partial charge in [0, 0.05) is 32.7 Å². The van der Waals surface area contributed by atoms with Gasteiger partial charge in [-0.1, -0.05) is 19.1 Å². The van der Waals surface area contributed by atoms with E-state index in [0.29, 0.717) is 12.2 Å². The molecule has 2 amide bonds. The van der Waals surface area contributed by atoms with Crippen molar-refractivity contribution in [2.24, 2.45) is 0 Å². The van der Waals surface area contributed by atoms with Crippen molar-refractivity contribution < 1.29 is 14.7 Å². The van der Waals surface area contributed by atoms with Crippen LogP contribution in [0.2, 0.25) is 0 Å². The van der Waals surface area contributed by atoms with Crippen LogP contribution in [-0.2, 0) is 16.0 Å². The fraction of sp³-hybridized carbons (Fsp3) is 0.556. The number of rotatable bonds is 5. The van der Waals surface area contributed by atoms with Gasteiger partial charge < -0.3 is 5.11 Å². The Balaban J connectivity index is 1.68. The largest absolute Gasteiger partial charge is 0.395 e. The predicted octanol–water partition coefficient (Wildman–Crippen LogP) is 0.491. The van der Waals surface area contributed by atoms with Crippen LogP contribution in [-0.4, -0.2) is 72.1 Å². The molecule has 0 aliphatic carbocycles. The zero-order chi connectivity index (χ0) is 17.1. The minimum absolute atomic E-state index is 0.111. The molecule has 0 radical (unpaired) electrons. The van der Waals surface area contributed by atoms with Gasteiger partial charge in [0.2, 0.25) is 5.91 Å². The molecule has 0 aromatic heterocycles. The fourth-order valence-corrected chi connectivity index (χ4v) is 3.49. The van der Waals surface area contributed by atoms with Crippen LogP contribution in [0.15, 0.2) is 24.3 Å². The lowest BCUT2D eigenvalue weighted by Crippen LogP contribution is -2.52. The van der Waals surface area contributed by atoms with Gasteiger partial charge in [-0.05, 0) is 24.1 Å². The number of β-amino-alcohol motifs (C(OH)–C–C–N with tert-alkyl or cyclic N) is 1. The summed E-state index contributed by atoms with van der Waals surface area (Å²) in [5.41, 5.74) is 1.86. The molecule has 24 heavy (non-hydrogen) atoms. The second-order valence-corrected chi connectivity index (χ2v) is 6.41. The van der Waals surface area contributed by atoms with Crippen LogP contribution in [0, 0.1) is 0 Å². The maximum atomic E-state index is 12.8. The molecular formula is C18H25N3O3. The summed E-state index contributed by atoms with van der Waals surface area (Å²) in [7, 11) is 0. The molecule has 2 fully saturated rings. The topological polar surface area (TPSA) is 64.1 Å². The van der Waals surface area contributed by atoms with Gasteiger partial charge in [0.25, 0.3) is 5.91 Å². The van der Waals surface area contributed by atoms with Gasteiger partial charge in [-0.2, -0.15) is 0 Å². The van der Waals surface area contributed by atoms with Gasteiger partial charge in [0.1, 0.15) is 0 Å². The Hall–Kier alpha value is -1.76. The third-order valence-electron chi connectivity index (χ3n) is 4.99. The summed E-state index contributed by atoms with van der Waals surface area (Å²) in [5, 5.41) is 9.01. The molecule has 1 aromatic rings. The van der Waals surface area contributed by atoms with Crippen molar-refractivity contribution in [3.05, 3.63) is 29.8 Å². The predicted molar refractivity (Wildman–Crippen MR) is 91.8 cm³/mol. The van der Waals surface area contributed by atoms with Gasteiger partial charge in [0.05, 0.1) is 24.8 Å². The highest BCUT2D eigenvalue weighted by Crippen LogP contribution is 2.26. The van der Waals surface area contributed by atoms with Crippen LogP contribution in [0.3, 0.4) is 0 Å². The van der Waals surface area contributed by atoms with Gasteiger partial charge in [-0.15, -0.1) is 0 Å². The van der Waals surface area contributed by atoms with Crippen LogP contribution in [0.4, 0.5) is 5.69 Å². The molecule has 1 unspecified atom stereocenters. The first kappa shape index (κ1) is 17.1. The minimum atomic E-state index is -0.348. The summed E-state index contributed by atoms with van der Waals surface area (Å²) in [5.74, 6) is -0.230. The Bertz CT molecular complexity index is 594. The summed E-state index contributed by atoms with van der Waals surface area (Å²) in [4.78, 5) is 30.8. The molecule has 2 heterocycles. The van der Waals surface area contributed by atoms with E-state index in [-0.39, 0.29) is 30.9 Å². The first-order valence-corrected chi connectivity index (χ1v) is 8.67.